The predicted octanol–water partition coefficient (Wildman–Crippen LogP) is 4.46. The number of amides is 1. The van der Waals surface area contributed by atoms with Gasteiger partial charge in [0.15, 0.2) is 0 Å². The number of carbonyl (C=O) groups excluding carboxylic acids is 1. The highest BCUT2D eigenvalue weighted by Crippen LogP contribution is 2.17. The third-order valence-corrected chi connectivity index (χ3v) is 4.10. The second-order valence-corrected chi connectivity index (χ2v) is 6.00. The van der Waals surface area contributed by atoms with Gasteiger partial charge in [-0.2, -0.15) is 0 Å². The summed E-state index contributed by atoms with van der Waals surface area (Å²) in [4.78, 5) is 20.8. The van der Waals surface area contributed by atoms with Gasteiger partial charge in [-0.05, 0) is 48.5 Å². The van der Waals surface area contributed by atoms with E-state index in [2.05, 4.69) is 15.3 Å². The summed E-state index contributed by atoms with van der Waals surface area (Å²) in [6.07, 6.45) is 3.26. The zero-order valence-corrected chi connectivity index (χ0v) is 14.5. The van der Waals surface area contributed by atoms with Crippen molar-refractivity contribution >= 4 is 22.5 Å². The van der Waals surface area contributed by atoms with E-state index >= 15 is 0 Å². The highest BCUT2D eigenvalue weighted by molar-refractivity contribution is 6.04. The Morgan fingerprint density at radius 2 is 1.67 bits per heavy atom. The van der Waals surface area contributed by atoms with E-state index in [0.29, 0.717) is 23.6 Å². The van der Waals surface area contributed by atoms with E-state index in [1.54, 1.807) is 48.8 Å². The number of anilines is 1. The number of ether oxygens (including phenoxy) is 1. The van der Waals surface area contributed by atoms with Crippen molar-refractivity contribution in [3.05, 3.63) is 96.4 Å². The number of carbonyl (C=O) groups is 1. The fraction of sp³-hybridized carbons (Fsp3) is 0.0455. The third kappa shape index (κ3) is 4.10. The molecule has 0 unspecified atom stereocenters. The molecule has 4 rings (SSSR count). The second kappa shape index (κ2) is 7.66. The van der Waals surface area contributed by atoms with E-state index in [9.17, 15) is 4.79 Å². The van der Waals surface area contributed by atoms with Crippen LogP contribution in [0.1, 0.15) is 16.1 Å². The second-order valence-electron chi connectivity index (χ2n) is 6.00. The van der Waals surface area contributed by atoms with Crippen LogP contribution in [-0.4, -0.2) is 15.9 Å². The fourth-order valence-corrected chi connectivity index (χ4v) is 2.69. The maximum atomic E-state index is 12.2. The van der Waals surface area contributed by atoms with E-state index in [1.807, 2.05) is 36.4 Å². The smallest absolute Gasteiger partial charge is 0.255 e. The molecule has 1 N–H and O–H groups in total. The minimum Gasteiger partial charge on any atom is -0.487 e. The zero-order chi connectivity index (χ0) is 18.5. The third-order valence-electron chi connectivity index (χ3n) is 4.10. The topological polar surface area (TPSA) is 64.1 Å². The Kier molecular flexibility index (Phi) is 4.74. The number of rotatable bonds is 5. The van der Waals surface area contributed by atoms with Crippen molar-refractivity contribution in [3.63, 3.8) is 0 Å². The molecule has 4 aromatic rings. The maximum Gasteiger partial charge on any atom is 0.255 e. The molecule has 2 heterocycles. The molecule has 0 radical (unpaired) electrons. The minimum atomic E-state index is -0.177. The summed E-state index contributed by atoms with van der Waals surface area (Å²) >= 11 is 0. The van der Waals surface area contributed by atoms with Crippen LogP contribution in [-0.2, 0) is 6.61 Å². The standard InChI is InChI=1S/C22H17N3O2/c26-22(25-18-11-13-23-14-12-18)17-6-9-20(10-7-17)27-15-19-8-5-16-3-1-2-4-21(16)24-19/h1-14H,15H2,(H,23,25,26). The summed E-state index contributed by atoms with van der Waals surface area (Å²) < 4.78 is 5.79. The van der Waals surface area contributed by atoms with Gasteiger partial charge in [-0.25, -0.2) is 4.98 Å². The van der Waals surface area contributed by atoms with Gasteiger partial charge in [0.2, 0.25) is 0 Å². The number of benzene rings is 2. The number of para-hydroxylation sites is 1. The van der Waals surface area contributed by atoms with Crippen LogP contribution in [0.15, 0.2) is 85.2 Å². The monoisotopic (exact) mass is 355 g/mol. The molecule has 1 amide bonds. The average Bonchev–Trinajstić information content (AvgIpc) is 2.73. The molecule has 27 heavy (non-hydrogen) atoms. The Bertz CT molecular complexity index is 1060. The first-order valence-corrected chi connectivity index (χ1v) is 8.57. The SMILES string of the molecule is O=C(Nc1ccncc1)c1ccc(OCc2ccc3ccccc3n2)cc1. The molecular weight excluding hydrogens is 338 g/mol. The molecule has 0 saturated heterocycles. The molecule has 0 bridgehead atoms. The Hall–Kier alpha value is -3.73. The summed E-state index contributed by atoms with van der Waals surface area (Å²) in [5.41, 5.74) is 3.07. The van der Waals surface area contributed by atoms with Crippen LogP contribution in [0.3, 0.4) is 0 Å². The lowest BCUT2D eigenvalue weighted by Gasteiger charge is -2.08. The van der Waals surface area contributed by atoms with E-state index in [0.717, 1.165) is 16.6 Å². The maximum absolute atomic E-state index is 12.2. The normalized spacial score (nSPS) is 10.5. The number of nitrogens with zero attached hydrogens (tertiary/aromatic N) is 2. The Morgan fingerprint density at radius 1 is 0.889 bits per heavy atom. The lowest BCUT2D eigenvalue weighted by Crippen LogP contribution is -2.11. The van der Waals surface area contributed by atoms with Gasteiger partial charge in [-0.1, -0.05) is 24.3 Å². The Balaban J connectivity index is 1.39. The van der Waals surface area contributed by atoms with E-state index < -0.39 is 0 Å². The first-order valence-electron chi connectivity index (χ1n) is 8.57. The summed E-state index contributed by atoms with van der Waals surface area (Å²) in [6.45, 7) is 0.368. The molecule has 0 aliphatic heterocycles. The summed E-state index contributed by atoms with van der Waals surface area (Å²) in [5, 5.41) is 3.93. The predicted molar refractivity (Wildman–Crippen MR) is 105 cm³/mol. The van der Waals surface area contributed by atoms with Gasteiger partial charge < -0.3 is 10.1 Å². The van der Waals surface area contributed by atoms with Crippen LogP contribution in [0.25, 0.3) is 10.9 Å². The lowest BCUT2D eigenvalue weighted by atomic mass is 10.2. The average molecular weight is 355 g/mol. The van der Waals surface area contributed by atoms with Gasteiger partial charge in [0.05, 0.1) is 11.2 Å². The summed E-state index contributed by atoms with van der Waals surface area (Å²) in [7, 11) is 0. The van der Waals surface area contributed by atoms with Gasteiger partial charge in [0, 0.05) is 29.0 Å². The van der Waals surface area contributed by atoms with Crippen molar-refractivity contribution in [1.29, 1.82) is 0 Å². The van der Waals surface area contributed by atoms with Crippen molar-refractivity contribution < 1.29 is 9.53 Å². The van der Waals surface area contributed by atoms with E-state index in [1.165, 1.54) is 0 Å². The summed E-state index contributed by atoms with van der Waals surface area (Å²) in [5.74, 6) is 0.509. The molecule has 2 aromatic carbocycles. The molecule has 5 nitrogen and oxygen atoms in total. The van der Waals surface area contributed by atoms with E-state index in [4.69, 9.17) is 4.74 Å². The van der Waals surface area contributed by atoms with Crippen LogP contribution >= 0.6 is 0 Å². The minimum absolute atomic E-state index is 0.177. The molecule has 0 atom stereocenters. The number of nitrogens with one attached hydrogen (secondary N) is 1. The van der Waals surface area contributed by atoms with Crippen LogP contribution in [0.4, 0.5) is 5.69 Å². The lowest BCUT2D eigenvalue weighted by molar-refractivity contribution is 0.102. The summed E-state index contributed by atoms with van der Waals surface area (Å²) in [6, 6.07) is 22.5. The Labute approximate surface area is 156 Å². The van der Waals surface area contributed by atoms with Crippen LogP contribution in [0.2, 0.25) is 0 Å². The largest absolute Gasteiger partial charge is 0.487 e. The number of hydrogen-bond donors (Lipinski definition) is 1. The molecule has 0 spiro atoms. The molecule has 0 aliphatic rings. The Morgan fingerprint density at radius 3 is 2.48 bits per heavy atom. The molecule has 0 fully saturated rings. The highest BCUT2D eigenvalue weighted by atomic mass is 16.5. The van der Waals surface area contributed by atoms with Crippen LogP contribution in [0, 0.1) is 0 Å². The van der Waals surface area contributed by atoms with Gasteiger partial charge in [-0.3, -0.25) is 9.78 Å². The molecule has 0 aliphatic carbocycles. The fourth-order valence-electron chi connectivity index (χ4n) is 2.69. The molecular formula is C22H17N3O2. The molecule has 5 heteroatoms. The molecule has 2 aromatic heterocycles. The van der Waals surface area contributed by atoms with Crippen molar-refractivity contribution in [2.45, 2.75) is 6.61 Å². The first-order chi connectivity index (χ1) is 13.3. The highest BCUT2D eigenvalue weighted by Gasteiger charge is 2.06. The number of fused-ring (bicyclic) bond motifs is 1. The first kappa shape index (κ1) is 16.7. The van der Waals surface area contributed by atoms with E-state index in [-0.39, 0.29) is 5.91 Å². The van der Waals surface area contributed by atoms with Crippen molar-refractivity contribution in [3.8, 4) is 5.75 Å². The van der Waals surface area contributed by atoms with Gasteiger partial charge in [0.25, 0.3) is 5.91 Å². The van der Waals surface area contributed by atoms with Crippen molar-refractivity contribution in [2.75, 3.05) is 5.32 Å². The van der Waals surface area contributed by atoms with Gasteiger partial charge in [0.1, 0.15) is 12.4 Å². The number of pyridine rings is 2. The molecule has 0 saturated carbocycles. The quantitative estimate of drug-likeness (QED) is 0.574. The van der Waals surface area contributed by atoms with Crippen molar-refractivity contribution in [2.24, 2.45) is 0 Å². The van der Waals surface area contributed by atoms with Crippen LogP contribution < -0.4 is 10.1 Å². The molecule has 132 valence electrons. The van der Waals surface area contributed by atoms with Crippen LogP contribution in [0.5, 0.6) is 5.75 Å². The number of aromatic nitrogens is 2. The van der Waals surface area contributed by atoms with Gasteiger partial charge in [-0.15, -0.1) is 0 Å². The van der Waals surface area contributed by atoms with Gasteiger partial charge >= 0.3 is 0 Å². The zero-order valence-electron chi connectivity index (χ0n) is 14.5. The number of hydrogen-bond acceptors (Lipinski definition) is 4. The van der Waals surface area contributed by atoms with Crippen molar-refractivity contribution in [1.82, 2.24) is 9.97 Å².